The third-order valence-electron chi connectivity index (χ3n) is 3.85. The molecule has 0 amide bonds. The molecule has 0 spiro atoms. The molecule has 112 valence electrons. The van der Waals surface area contributed by atoms with Gasteiger partial charge in [-0.2, -0.15) is 0 Å². The Morgan fingerprint density at radius 1 is 1.10 bits per heavy atom. The van der Waals surface area contributed by atoms with Crippen molar-refractivity contribution < 1.29 is 4.42 Å². The van der Waals surface area contributed by atoms with Crippen molar-refractivity contribution >= 4 is 11.8 Å². The van der Waals surface area contributed by atoms with Crippen molar-refractivity contribution in [2.45, 2.75) is 56.3 Å². The molecule has 1 heterocycles. The first kappa shape index (κ1) is 14.7. The number of furan rings is 1. The Morgan fingerprint density at radius 2 is 1.90 bits per heavy atom. The maximum absolute atomic E-state index is 5.87. The van der Waals surface area contributed by atoms with Crippen LogP contribution in [0.5, 0.6) is 0 Å². The van der Waals surface area contributed by atoms with Crippen molar-refractivity contribution in [3.05, 3.63) is 53.0 Å². The average Bonchev–Trinajstić information content (AvgIpc) is 3.11. The van der Waals surface area contributed by atoms with E-state index in [0.717, 1.165) is 23.8 Å². The molecule has 21 heavy (non-hydrogen) atoms. The van der Waals surface area contributed by atoms with Crippen LogP contribution in [0.2, 0.25) is 0 Å². The van der Waals surface area contributed by atoms with Crippen molar-refractivity contribution in [1.29, 1.82) is 0 Å². The summed E-state index contributed by atoms with van der Waals surface area (Å²) >= 11 is 1.86. The van der Waals surface area contributed by atoms with E-state index < -0.39 is 0 Å². The molecule has 1 aliphatic rings. The number of fused-ring (bicyclic) bond motifs is 1. The summed E-state index contributed by atoms with van der Waals surface area (Å²) < 4.78 is 5.87. The molecule has 0 aliphatic heterocycles. The van der Waals surface area contributed by atoms with Crippen LogP contribution in [0.1, 0.15) is 42.9 Å². The van der Waals surface area contributed by atoms with E-state index in [2.05, 4.69) is 49.5 Å². The molecule has 3 heteroatoms. The maximum atomic E-state index is 5.87. The molecule has 0 unspecified atom stereocenters. The maximum Gasteiger partial charge on any atom is 0.118 e. The van der Waals surface area contributed by atoms with Gasteiger partial charge in [0.25, 0.3) is 0 Å². The lowest BCUT2D eigenvalue weighted by molar-refractivity contribution is 0.445. The number of thioether (sulfide) groups is 1. The SMILES string of the molecule is CC(C)NCc1ccc(CSc2ccc3c(c2)CCC3)o1. The van der Waals surface area contributed by atoms with Gasteiger partial charge in [0.2, 0.25) is 0 Å². The van der Waals surface area contributed by atoms with Gasteiger partial charge in [-0.25, -0.2) is 0 Å². The van der Waals surface area contributed by atoms with Gasteiger partial charge in [-0.15, -0.1) is 11.8 Å². The fourth-order valence-electron chi connectivity index (χ4n) is 2.69. The summed E-state index contributed by atoms with van der Waals surface area (Å²) in [7, 11) is 0. The molecule has 0 atom stereocenters. The van der Waals surface area contributed by atoms with Gasteiger partial charge in [0.15, 0.2) is 0 Å². The highest BCUT2D eigenvalue weighted by Crippen LogP contribution is 2.29. The zero-order valence-corrected chi connectivity index (χ0v) is 13.6. The van der Waals surface area contributed by atoms with Crippen LogP contribution in [0, 0.1) is 0 Å². The van der Waals surface area contributed by atoms with E-state index in [1.807, 2.05) is 11.8 Å². The second-order valence-corrected chi connectivity index (χ2v) is 7.03. The normalized spacial score (nSPS) is 13.9. The Balaban J connectivity index is 1.55. The van der Waals surface area contributed by atoms with E-state index in [-0.39, 0.29) is 0 Å². The molecule has 3 rings (SSSR count). The Labute approximate surface area is 131 Å². The van der Waals surface area contributed by atoms with E-state index in [1.54, 1.807) is 11.1 Å². The number of rotatable bonds is 6. The quantitative estimate of drug-likeness (QED) is 0.792. The highest BCUT2D eigenvalue weighted by atomic mass is 32.2. The van der Waals surface area contributed by atoms with Crippen molar-refractivity contribution in [3.8, 4) is 0 Å². The standard InChI is InChI=1S/C18H23NOS/c1-13(2)19-11-16-7-8-17(20-16)12-21-18-9-6-14-4-3-5-15(14)10-18/h6-10,13,19H,3-5,11-12H2,1-2H3. The smallest absolute Gasteiger partial charge is 0.118 e. The third-order valence-corrected chi connectivity index (χ3v) is 4.87. The lowest BCUT2D eigenvalue weighted by atomic mass is 10.1. The molecule has 1 aliphatic carbocycles. The highest BCUT2D eigenvalue weighted by Gasteiger charge is 2.11. The topological polar surface area (TPSA) is 25.2 Å². The number of nitrogens with one attached hydrogen (secondary N) is 1. The van der Waals surface area contributed by atoms with E-state index in [0.29, 0.717) is 6.04 Å². The van der Waals surface area contributed by atoms with E-state index in [1.165, 1.54) is 24.2 Å². The minimum atomic E-state index is 0.485. The monoisotopic (exact) mass is 301 g/mol. The van der Waals surface area contributed by atoms with Crippen LogP contribution < -0.4 is 5.32 Å². The van der Waals surface area contributed by atoms with Crippen LogP contribution in [-0.4, -0.2) is 6.04 Å². The number of hydrogen-bond donors (Lipinski definition) is 1. The van der Waals surface area contributed by atoms with Gasteiger partial charge in [0.05, 0.1) is 12.3 Å². The van der Waals surface area contributed by atoms with Crippen LogP contribution in [0.3, 0.4) is 0 Å². The summed E-state index contributed by atoms with van der Waals surface area (Å²) in [5, 5.41) is 3.38. The summed E-state index contributed by atoms with van der Waals surface area (Å²) in [6.45, 7) is 5.10. The molecule has 2 aromatic rings. The van der Waals surface area contributed by atoms with Gasteiger partial charge in [0.1, 0.15) is 11.5 Å². The van der Waals surface area contributed by atoms with E-state index in [4.69, 9.17) is 4.42 Å². The van der Waals surface area contributed by atoms with E-state index >= 15 is 0 Å². The molecule has 0 saturated heterocycles. The first-order chi connectivity index (χ1) is 10.2. The average molecular weight is 301 g/mol. The molecule has 0 saturated carbocycles. The molecule has 1 aromatic heterocycles. The molecular formula is C18H23NOS. The van der Waals surface area contributed by atoms with Crippen molar-refractivity contribution in [3.63, 3.8) is 0 Å². The fourth-order valence-corrected chi connectivity index (χ4v) is 3.55. The molecular weight excluding hydrogens is 278 g/mol. The lowest BCUT2D eigenvalue weighted by Gasteiger charge is -2.05. The van der Waals surface area contributed by atoms with Crippen LogP contribution in [0.25, 0.3) is 0 Å². The minimum Gasteiger partial charge on any atom is -0.464 e. The largest absolute Gasteiger partial charge is 0.464 e. The molecule has 1 N–H and O–H groups in total. The summed E-state index contributed by atoms with van der Waals surface area (Å²) in [6, 6.07) is 11.6. The number of hydrogen-bond acceptors (Lipinski definition) is 3. The highest BCUT2D eigenvalue weighted by molar-refractivity contribution is 7.98. The Hall–Kier alpha value is -1.19. The molecule has 1 aromatic carbocycles. The van der Waals surface area contributed by atoms with Gasteiger partial charge in [-0.05, 0) is 54.7 Å². The zero-order chi connectivity index (χ0) is 14.7. The fraction of sp³-hybridized carbons (Fsp3) is 0.444. The predicted molar refractivity (Wildman–Crippen MR) is 88.7 cm³/mol. The van der Waals surface area contributed by atoms with Crippen LogP contribution in [-0.2, 0) is 25.1 Å². The summed E-state index contributed by atoms with van der Waals surface area (Å²) in [6.07, 6.45) is 3.81. The van der Waals surface area contributed by atoms with Gasteiger partial charge in [0, 0.05) is 10.9 Å². The second-order valence-electron chi connectivity index (χ2n) is 5.98. The van der Waals surface area contributed by atoms with Crippen molar-refractivity contribution in [2.24, 2.45) is 0 Å². The Bertz CT molecular complexity index is 603. The van der Waals surface area contributed by atoms with Crippen molar-refractivity contribution in [2.75, 3.05) is 0 Å². The van der Waals surface area contributed by atoms with Crippen LogP contribution >= 0.6 is 11.8 Å². The molecule has 2 nitrogen and oxygen atoms in total. The second kappa shape index (κ2) is 6.71. The van der Waals surface area contributed by atoms with Gasteiger partial charge in [-0.3, -0.25) is 0 Å². The van der Waals surface area contributed by atoms with Crippen molar-refractivity contribution in [1.82, 2.24) is 5.32 Å². The number of benzene rings is 1. The van der Waals surface area contributed by atoms with Crippen LogP contribution in [0.15, 0.2) is 39.6 Å². The zero-order valence-electron chi connectivity index (χ0n) is 12.8. The minimum absolute atomic E-state index is 0.485. The lowest BCUT2D eigenvalue weighted by Crippen LogP contribution is -2.21. The van der Waals surface area contributed by atoms with Gasteiger partial charge in [-0.1, -0.05) is 19.9 Å². The number of aryl methyl sites for hydroxylation is 2. The third kappa shape index (κ3) is 3.92. The molecule has 0 bridgehead atoms. The van der Waals surface area contributed by atoms with Gasteiger partial charge < -0.3 is 9.73 Å². The summed E-state index contributed by atoms with van der Waals surface area (Å²) in [4.78, 5) is 1.36. The first-order valence-corrected chi connectivity index (χ1v) is 8.75. The summed E-state index contributed by atoms with van der Waals surface area (Å²) in [5.41, 5.74) is 3.08. The Kier molecular flexibility index (Phi) is 4.71. The molecule has 0 radical (unpaired) electrons. The Morgan fingerprint density at radius 3 is 2.76 bits per heavy atom. The first-order valence-electron chi connectivity index (χ1n) is 7.76. The predicted octanol–water partition coefficient (Wildman–Crippen LogP) is 4.56. The van der Waals surface area contributed by atoms with Crippen LogP contribution in [0.4, 0.5) is 0 Å². The van der Waals surface area contributed by atoms with E-state index in [9.17, 15) is 0 Å². The van der Waals surface area contributed by atoms with Gasteiger partial charge >= 0.3 is 0 Å². The molecule has 0 fully saturated rings. The summed E-state index contributed by atoms with van der Waals surface area (Å²) in [5.74, 6) is 2.98.